The Labute approximate surface area is 170 Å². The van der Waals surface area contributed by atoms with Gasteiger partial charge in [0.1, 0.15) is 5.00 Å². The maximum atomic E-state index is 13.4. The zero-order valence-corrected chi connectivity index (χ0v) is 17.1. The molecule has 0 spiro atoms. The number of benzene rings is 1. The molecule has 1 aromatic carbocycles. The molecule has 3 rings (SSSR count). The van der Waals surface area contributed by atoms with Crippen LogP contribution in [0.5, 0.6) is 0 Å². The molecule has 1 heterocycles. The van der Waals surface area contributed by atoms with Crippen molar-refractivity contribution in [3.05, 3.63) is 77.2 Å². The van der Waals surface area contributed by atoms with Crippen LogP contribution < -0.4 is 5.32 Å². The van der Waals surface area contributed by atoms with E-state index in [0.717, 1.165) is 24.8 Å². The summed E-state index contributed by atoms with van der Waals surface area (Å²) >= 11 is 1.54. The fourth-order valence-electron chi connectivity index (χ4n) is 3.54. The quantitative estimate of drug-likeness (QED) is 0.676. The Hall–Kier alpha value is -2.66. The summed E-state index contributed by atoms with van der Waals surface area (Å²) in [4.78, 5) is 29.0. The van der Waals surface area contributed by atoms with Gasteiger partial charge in [0.05, 0.1) is 5.56 Å². The number of carbonyl (C=O) groups excluding carboxylic acids is 2. The topological polar surface area (TPSA) is 49.4 Å². The van der Waals surface area contributed by atoms with E-state index < -0.39 is 0 Å². The number of anilines is 1. The standard InChI is InChI=1S/C23H26N2O2S/c1-4-13-25(14-5-2)23(27)20-18-12-11-16(3)15-19(18)28-22(20)24-21(26)17-9-7-6-8-10-17/h4-10,16H,1-2,11-15H2,3H3,(H,24,26)/t16-/m1/s1. The summed E-state index contributed by atoms with van der Waals surface area (Å²) in [7, 11) is 0. The van der Waals surface area contributed by atoms with Crippen molar-refractivity contribution in [1.82, 2.24) is 4.90 Å². The van der Waals surface area contributed by atoms with Gasteiger partial charge in [0.2, 0.25) is 0 Å². The molecule has 1 atom stereocenters. The maximum absolute atomic E-state index is 13.4. The van der Waals surface area contributed by atoms with Gasteiger partial charge in [0, 0.05) is 23.5 Å². The molecule has 2 aromatic rings. The van der Waals surface area contributed by atoms with E-state index in [2.05, 4.69) is 25.4 Å². The van der Waals surface area contributed by atoms with Gasteiger partial charge in [-0.2, -0.15) is 0 Å². The van der Waals surface area contributed by atoms with Gasteiger partial charge in [0.25, 0.3) is 11.8 Å². The highest BCUT2D eigenvalue weighted by Gasteiger charge is 2.30. The summed E-state index contributed by atoms with van der Waals surface area (Å²) in [6.07, 6.45) is 6.30. The van der Waals surface area contributed by atoms with E-state index >= 15 is 0 Å². The molecule has 28 heavy (non-hydrogen) atoms. The Bertz CT molecular complexity index is 876. The van der Waals surface area contributed by atoms with Crippen molar-refractivity contribution in [3.63, 3.8) is 0 Å². The number of nitrogens with zero attached hydrogens (tertiary/aromatic N) is 1. The first-order chi connectivity index (χ1) is 13.5. The second-order valence-electron chi connectivity index (χ2n) is 7.16. The molecule has 0 saturated carbocycles. The SMILES string of the molecule is C=CCN(CC=C)C(=O)c1c(NC(=O)c2ccccc2)sc2c1CC[C@@H](C)C2. The third kappa shape index (κ3) is 4.25. The van der Waals surface area contributed by atoms with E-state index in [9.17, 15) is 9.59 Å². The van der Waals surface area contributed by atoms with E-state index in [1.54, 1.807) is 29.2 Å². The fourth-order valence-corrected chi connectivity index (χ4v) is 4.94. The van der Waals surface area contributed by atoms with Crippen LogP contribution >= 0.6 is 11.3 Å². The van der Waals surface area contributed by atoms with Crippen molar-refractivity contribution in [2.75, 3.05) is 18.4 Å². The molecule has 0 saturated heterocycles. The van der Waals surface area contributed by atoms with Gasteiger partial charge in [-0.25, -0.2) is 0 Å². The number of amides is 2. The van der Waals surface area contributed by atoms with Gasteiger partial charge in [-0.1, -0.05) is 37.3 Å². The molecule has 1 N–H and O–H groups in total. The lowest BCUT2D eigenvalue weighted by Gasteiger charge is -2.23. The first-order valence-corrected chi connectivity index (χ1v) is 10.4. The Morgan fingerprint density at radius 1 is 1.21 bits per heavy atom. The Kier molecular flexibility index (Phi) is 6.47. The van der Waals surface area contributed by atoms with E-state index in [1.165, 1.54) is 16.2 Å². The van der Waals surface area contributed by atoms with Gasteiger partial charge < -0.3 is 10.2 Å². The molecule has 4 nitrogen and oxygen atoms in total. The molecule has 2 amide bonds. The Morgan fingerprint density at radius 3 is 2.54 bits per heavy atom. The molecule has 5 heteroatoms. The molecule has 0 aliphatic heterocycles. The van der Waals surface area contributed by atoms with Crippen molar-refractivity contribution in [1.29, 1.82) is 0 Å². The highest BCUT2D eigenvalue weighted by Crippen LogP contribution is 2.40. The van der Waals surface area contributed by atoms with Crippen LogP contribution in [-0.2, 0) is 12.8 Å². The second kappa shape index (κ2) is 9.02. The van der Waals surface area contributed by atoms with Gasteiger partial charge in [-0.3, -0.25) is 9.59 Å². The minimum atomic E-state index is -0.194. The summed E-state index contributed by atoms with van der Waals surface area (Å²) in [5, 5.41) is 3.65. The molecular formula is C23H26N2O2S. The zero-order valence-electron chi connectivity index (χ0n) is 16.2. The summed E-state index contributed by atoms with van der Waals surface area (Å²) < 4.78 is 0. The van der Waals surface area contributed by atoms with Crippen LogP contribution in [0.15, 0.2) is 55.6 Å². The van der Waals surface area contributed by atoms with Crippen molar-refractivity contribution in [3.8, 4) is 0 Å². The van der Waals surface area contributed by atoms with Crippen LogP contribution in [0.4, 0.5) is 5.00 Å². The van der Waals surface area contributed by atoms with Crippen LogP contribution in [0, 0.1) is 5.92 Å². The van der Waals surface area contributed by atoms with Gasteiger partial charge >= 0.3 is 0 Å². The highest BCUT2D eigenvalue weighted by molar-refractivity contribution is 7.17. The highest BCUT2D eigenvalue weighted by atomic mass is 32.1. The summed E-state index contributed by atoms with van der Waals surface area (Å²) in [5.41, 5.74) is 2.31. The lowest BCUT2D eigenvalue weighted by atomic mass is 9.88. The molecule has 0 fully saturated rings. The molecule has 0 unspecified atom stereocenters. The molecule has 146 valence electrons. The lowest BCUT2D eigenvalue weighted by molar-refractivity contribution is 0.0791. The first kappa shape index (κ1) is 20.1. The average molecular weight is 395 g/mol. The van der Waals surface area contributed by atoms with Crippen LogP contribution in [0.25, 0.3) is 0 Å². The maximum Gasteiger partial charge on any atom is 0.257 e. The fraction of sp³-hybridized carbons (Fsp3) is 0.304. The van der Waals surface area contributed by atoms with Crippen LogP contribution in [-0.4, -0.2) is 29.8 Å². The lowest BCUT2D eigenvalue weighted by Crippen LogP contribution is -2.32. The minimum absolute atomic E-state index is 0.0739. The molecule has 0 bridgehead atoms. The number of carbonyl (C=O) groups is 2. The van der Waals surface area contributed by atoms with Crippen molar-refractivity contribution >= 4 is 28.2 Å². The van der Waals surface area contributed by atoms with E-state index in [0.29, 0.717) is 35.1 Å². The number of rotatable bonds is 7. The summed E-state index contributed by atoms with van der Waals surface area (Å²) in [6.45, 7) is 10.6. The summed E-state index contributed by atoms with van der Waals surface area (Å²) in [5.74, 6) is 0.319. The largest absolute Gasteiger partial charge is 0.331 e. The molecule has 1 aromatic heterocycles. The molecular weight excluding hydrogens is 368 g/mol. The third-order valence-corrected chi connectivity index (χ3v) is 6.14. The van der Waals surface area contributed by atoms with E-state index in [1.807, 2.05) is 18.2 Å². The zero-order chi connectivity index (χ0) is 20.1. The normalized spacial score (nSPS) is 15.4. The number of hydrogen-bond acceptors (Lipinski definition) is 3. The Balaban J connectivity index is 1.99. The number of hydrogen-bond donors (Lipinski definition) is 1. The Morgan fingerprint density at radius 2 is 1.89 bits per heavy atom. The predicted octanol–water partition coefficient (Wildman–Crippen LogP) is 4.94. The summed E-state index contributed by atoms with van der Waals surface area (Å²) in [6, 6.07) is 9.08. The number of thiophene rings is 1. The monoisotopic (exact) mass is 394 g/mol. The third-order valence-electron chi connectivity index (χ3n) is 4.97. The molecule has 1 aliphatic rings. The molecule has 0 radical (unpaired) electrons. The smallest absolute Gasteiger partial charge is 0.257 e. The van der Waals surface area contributed by atoms with Crippen molar-refractivity contribution in [2.45, 2.75) is 26.2 Å². The van der Waals surface area contributed by atoms with E-state index in [-0.39, 0.29) is 11.8 Å². The number of nitrogens with one attached hydrogen (secondary N) is 1. The average Bonchev–Trinajstić information content (AvgIpc) is 3.04. The van der Waals surface area contributed by atoms with Gasteiger partial charge in [-0.15, -0.1) is 24.5 Å². The second-order valence-corrected chi connectivity index (χ2v) is 8.27. The van der Waals surface area contributed by atoms with Crippen LogP contribution in [0.1, 0.15) is 44.5 Å². The first-order valence-electron chi connectivity index (χ1n) is 9.57. The number of fused-ring (bicyclic) bond motifs is 1. The minimum Gasteiger partial charge on any atom is -0.331 e. The molecule has 1 aliphatic carbocycles. The van der Waals surface area contributed by atoms with Gasteiger partial charge in [0.15, 0.2) is 0 Å². The van der Waals surface area contributed by atoms with Crippen LogP contribution in [0.3, 0.4) is 0 Å². The van der Waals surface area contributed by atoms with Crippen LogP contribution in [0.2, 0.25) is 0 Å². The van der Waals surface area contributed by atoms with E-state index in [4.69, 9.17) is 0 Å². The predicted molar refractivity (Wildman–Crippen MR) is 116 cm³/mol. The van der Waals surface area contributed by atoms with Crippen molar-refractivity contribution in [2.24, 2.45) is 5.92 Å². The van der Waals surface area contributed by atoms with Crippen molar-refractivity contribution < 1.29 is 9.59 Å². The van der Waals surface area contributed by atoms with Gasteiger partial charge in [-0.05, 0) is 42.9 Å².